The first-order chi connectivity index (χ1) is 7.24. The van der Waals surface area contributed by atoms with Gasteiger partial charge in [-0.3, -0.25) is 0 Å². The van der Waals surface area contributed by atoms with Crippen molar-refractivity contribution in [2.45, 2.75) is 31.6 Å². The fraction of sp³-hybridized carbons (Fsp3) is 0.800. The summed E-state index contributed by atoms with van der Waals surface area (Å²) < 4.78 is 10.6. The average molecular weight is 211 g/mol. The van der Waals surface area contributed by atoms with Crippen LogP contribution in [0.2, 0.25) is 0 Å². The molecule has 1 aromatic rings. The first-order valence-electron chi connectivity index (χ1n) is 5.35. The van der Waals surface area contributed by atoms with Crippen molar-refractivity contribution in [2.75, 3.05) is 19.8 Å². The molecule has 0 amide bonds. The van der Waals surface area contributed by atoms with Gasteiger partial charge in [-0.1, -0.05) is 12.1 Å². The number of nitrogens with two attached hydrogens (primary N) is 1. The summed E-state index contributed by atoms with van der Waals surface area (Å²) in [6.07, 6.45) is 2.56. The van der Waals surface area contributed by atoms with Crippen molar-refractivity contribution in [3.63, 3.8) is 0 Å². The van der Waals surface area contributed by atoms with Crippen molar-refractivity contribution in [2.24, 2.45) is 5.73 Å². The van der Waals surface area contributed by atoms with Crippen molar-refractivity contribution in [1.82, 2.24) is 10.1 Å². The van der Waals surface area contributed by atoms with Crippen LogP contribution < -0.4 is 5.73 Å². The molecule has 2 N–H and O–H groups in total. The highest BCUT2D eigenvalue weighted by molar-refractivity contribution is 5.04. The summed E-state index contributed by atoms with van der Waals surface area (Å²) in [6, 6.07) is 0. The molecule has 0 radical (unpaired) electrons. The summed E-state index contributed by atoms with van der Waals surface area (Å²) in [7, 11) is 0. The standard InChI is InChI=1S/C10H17N3O2/c1-10(3-6-14-7-4-10)9-12-8(2-5-11)13-15-9/h2-7,11H2,1H3. The largest absolute Gasteiger partial charge is 0.381 e. The molecule has 2 rings (SSSR count). The van der Waals surface area contributed by atoms with E-state index in [-0.39, 0.29) is 5.41 Å². The third kappa shape index (κ3) is 2.18. The quantitative estimate of drug-likeness (QED) is 0.794. The van der Waals surface area contributed by atoms with E-state index in [0.29, 0.717) is 18.8 Å². The van der Waals surface area contributed by atoms with Crippen LogP contribution in [-0.4, -0.2) is 29.9 Å². The van der Waals surface area contributed by atoms with Gasteiger partial charge >= 0.3 is 0 Å². The maximum Gasteiger partial charge on any atom is 0.232 e. The topological polar surface area (TPSA) is 74.2 Å². The van der Waals surface area contributed by atoms with Gasteiger partial charge in [0, 0.05) is 19.6 Å². The van der Waals surface area contributed by atoms with Gasteiger partial charge in [0.25, 0.3) is 0 Å². The molecule has 0 saturated carbocycles. The second-order valence-electron chi connectivity index (χ2n) is 4.23. The Labute approximate surface area is 89.0 Å². The minimum absolute atomic E-state index is 0.0158. The van der Waals surface area contributed by atoms with Gasteiger partial charge in [0.15, 0.2) is 5.82 Å². The van der Waals surface area contributed by atoms with Crippen LogP contribution in [0.4, 0.5) is 0 Å². The Balaban J connectivity index is 2.12. The highest BCUT2D eigenvalue weighted by Crippen LogP contribution is 2.32. The van der Waals surface area contributed by atoms with Crippen LogP contribution in [0, 0.1) is 0 Å². The molecule has 1 aliphatic heterocycles. The van der Waals surface area contributed by atoms with Gasteiger partial charge in [-0.05, 0) is 19.4 Å². The lowest BCUT2D eigenvalue weighted by Gasteiger charge is -2.29. The van der Waals surface area contributed by atoms with Crippen LogP contribution in [0.1, 0.15) is 31.5 Å². The number of hydrogen-bond donors (Lipinski definition) is 1. The SMILES string of the molecule is CC1(c2nc(CCN)no2)CCOCC1. The Bertz CT molecular complexity index is 318. The van der Waals surface area contributed by atoms with Crippen LogP contribution in [0.25, 0.3) is 0 Å². The summed E-state index contributed by atoms with van der Waals surface area (Å²) in [5.74, 6) is 1.44. The molecule has 0 atom stereocenters. The Morgan fingerprint density at radius 3 is 2.80 bits per heavy atom. The number of ether oxygens (including phenoxy) is 1. The van der Waals surface area contributed by atoms with Crippen molar-refractivity contribution >= 4 is 0 Å². The van der Waals surface area contributed by atoms with Gasteiger partial charge in [-0.25, -0.2) is 0 Å². The molecule has 1 aliphatic rings. The maximum atomic E-state index is 5.44. The first kappa shape index (κ1) is 10.6. The minimum atomic E-state index is -0.0158. The lowest BCUT2D eigenvalue weighted by atomic mass is 9.82. The molecule has 0 unspecified atom stereocenters. The van der Waals surface area contributed by atoms with Crippen LogP contribution in [0.5, 0.6) is 0 Å². The van der Waals surface area contributed by atoms with Gasteiger partial charge in [0.1, 0.15) is 0 Å². The van der Waals surface area contributed by atoms with Crippen molar-refractivity contribution < 1.29 is 9.26 Å². The van der Waals surface area contributed by atoms with Gasteiger partial charge in [0.05, 0.1) is 5.41 Å². The molecule has 1 aromatic heterocycles. The Morgan fingerprint density at radius 2 is 2.13 bits per heavy atom. The second kappa shape index (κ2) is 4.28. The normalized spacial score (nSPS) is 20.4. The van der Waals surface area contributed by atoms with Crippen LogP contribution in [0.15, 0.2) is 4.52 Å². The molecule has 0 spiro atoms. The molecule has 0 aromatic carbocycles. The number of aromatic nitrogens is 2. The average Bonchev–Trinajstić information content (AvgIpc) is 2.69. The zero-order chi connectivity index (χ0) is 10.7. The third-order valence-electron chi connectivity index (χ3n) is 2.95. The van der Waals surface area contributed by atoms with Crippen molar-refractivity contribution in [3.05, 3.63) is 11.7 Å². The molecule has 2 heterocycles. The molecule has 5 heteroatoms. The molecule has 0 bridgehead atoms. The summed E-state index contributed by atoms with van der Waals surface area (Å²) >= 11 is 0. The minimum Gasteiger partial charge on any atom is -0.381 e. The zero-order valence-electron chi connectivity index (χ0n) is 9.03. The molecular formula is C10H17N3O2. The number of hydrogen-bond acceptors (Lipinski definition) is 5. The molecule has 0 aliphatic carbocycles. The van der Waals surface area contributed by atoms with Crippen molar-refractivity contribution in [1.29, 1.82) is 0 Å². The molecule has 1 saturated heterocycles. The Hall–Kier alpha value is -0.940. The van der Waals surface area contributed by atoms with Crippen LogP contribution in [-0.2, 0) is 16.6 Å². The van der Waals surface area contributed by atoms with E-state index in [4.69, 9.17) is 15.0 Å². The van der Waals surface area contributed by atoms with E-state index in [0.717, 1.165) is 31.9 Å². The predicted octanol–water partition coefficient (Wildman–Crippen LogP) is 0.639. The Morgan fingerprint density at radius 1 is 1.40 bits per heavy atom. The van der Waals surface area contributed by atoms with E-state index >= 15 is 0 Å². The fourth-order valence-corrected chi connectivity index (χ4v) is 1.77. The van der Waals surface area contributed by atoms with Crippen LogP contribution in [0.3, 0.4) is 0 Å². The van der Waals surface area contributed by atoms with E-state index in [2.05, 4.69) is 17.1 Å². The summed E-state index contributed by atoms with van der Waals surface area (Å²) in [4.78, 5) is 4.38. The van der Waals surface area contributed by atoms with Gasteiger partial charge in [-0.15, -0.1) is 0 Å². The monoisotopic (exact) mass is 211 g/mol. The van der Waals surface area contributed by atoms with Gasteiger partial charge in [-0.2, -0.15) is 4.98 Å². The highest BCUT2D eigenvalue weighted by atomic mass is 16.5. The molecule has 15 heavy (non-hydrogen) atoms. The van der Waals surface area contributed by atoms with E-state index in [9.17, 15) is 0 Å². The molecule has 84 valence electrons. The van der Waals surface area contributed by atoms with E-state index < -0.39 is 0 Å². The van der Waals surface area contributed by atoms with E-state index in [1.807, 2.05) is 0 Å². The van der Waals surface area contributed by atoms with Crippen molar-refractivity contribution in [3.8, 4) is 0 Å². The number of nitrogens with zero attached hydrogens (tertiary/aromatic N) is 2. The second-order valence-corrected chi connectivity index (χ2v) is 4.23. The number of rotatable bonds is 3. The lowest BCUT2D eigenvalue weighted by Crippen LogP contribution is -2.31. The van der Waals surface area contributed by atoms with Crippen LogP contribution >= 0.6 is 0 Å². The summed E-state index contributed by atoms with van der Waals surface area (Å²) in [5, 5.41) is 3.92. The smallest absolute Gasteiger partial charge is 0.232 e. The molecular weight excluding hydrogens is 194 g/mol. The molecule has 5 nitrogen and oxygen atoms in total. The fourth-order valence-electron chi connectivity index (χ4n) is 1.77. The lowest BCUT2D eigenvalue weighted by molar-refractivity contribution is 0.0447. The summed E-state index contributed by atoms with van der Waals surface area (Å²) in [6.45, 7) is 4.24. The van der Waals surface area contributed by atoms with E-state index in [1.165, 1.54) is 0 Å². The maximum absolute atomic E-state index is 5.44. The summed E-state index contributed by atoms with van der Waals surface area (Å²) in [5.41, 5.74) is 5.42. The highest BCUT2D eigenvalue weighted by Gasteiger charge is 2.34. The van der Waals surface area contributed by atoms with Gasteiger partial charge in [0.2, 0.25) is 5.89 Å². The van der Waals surface area contributed by atoms with Gasteiger partial charge < -0.3 is 15.0 Å². The predicted molar refractivity (Wildman–Crippen MR) is 54.5 cm³/mol. The first-order valence-corrected chi connectivity index (χ1v) is 5.35. The zero-order valence-corrected chi connectivity index (χ0v) is 9.03. The Kier molecular flexibility index (Phi) is 3.02. The van der Waals surface area contributed by atoms with E-state index in [1.54, 1.807) is 0 Å². The molecule has 1 fully saturated rings. The third-order valence-corrected chi connectivity index (χ3v) is 2.95.